The highest BCUT2D eigenvalue weighted by atomic mass is 35.5. The van der Waals surface area contributed by atoms with Crippen molar-refractivity contribution in [3.63, 3.8) is 0 Å². The summed E-state index contributed by atoms with van der Waals surface area (Å²) < 4.78 is 54.6. The lowest BCUT2D eigenvalue weighted by Gasteiger charge is -2.21. The third-order valence-electron chi connectivity index (χ3n) is 4.28. The molecule has 1 heterocycles. The van der Waals surface area contributed by atoms with Crippen molar-refractivity contribution in [2.75, 3.05) is 7.11 Å². The van der Waals surface area contributed by atoms with Crippen LogP contribution in [0.5, 0.6) is 17.4 Å². The molecular formula is C23H17ClF3NO4. The maximum absolute atomic E-state index is 12.8. The van der Waals surface area contributed by atoms with Crippen LogP contribution in [0, 0.1) is 0 Å². The zero-order chi connectivity index (χ0) is 23.3. The summed E-state index contributed by atoms with van der Waals surface area (Å²) in [5.74, 6) is -0.306. The SMILES string of the molecule is C=C(C(=O)OC)C(Oc1cccc(Oc2ncc(C(F)(F)F)cc2Cl)c1)c1ccccc1. The van der Waals surface area contributed by atoms with Crippen molar-refractivity contribution in [2.24, 2.45) is 0 Å². The molecule has 0 aliphatic heterocycles. The van der Waals surface area contributed by atoms with Gasteiger partial charge in [0.15, 0.2) is 6.10 Å². The van der Waals surface area contributed by atoms with Gasteiger partial charge >= 0.3 is 12.1 Å². The number of carbonyl (C=O) groups is 1. The Hall–Kier alpha value is -3.52. The maximum Gasteiger partial charge on any atom is 0.417 e. The van der Waals surface area contributed by atoms with Crippen molar-refractivity contribution >= 4 is 17.6 Å². The number of hydrogen-bond donors (Lipinski definition) is 0. The summed E-state index contributed by atoms with van der Waals surface area (Å²) in [7, 11) is 1.24. The standard InChI is InChI=1S/C23H17ClF3NO4/c1-14(22(29)30-2)20(15-7-4-3-5-8-15)31-17-9-6-10-18(12-17)32-21-19(24)11-16(13-28-21)23(25,26)27/h3-13,20H,1H2,2H3. The van der Waals surface area contributed by atoms with E-state index in [0.29, 0.717) is 17.5 Å². The van der Waals surface area contributed by atoms with Crippen LogP contribution in [-0.4, -0.2) is 18.1 Å². The summed E-state index contributed by atoms with van der Waals surface area (Å²) in [6, 6.07) is 15.9. The number of hydrogen-bond acceptors (Lipinski definition) is 5. The number of benzene rings is 2. The van der Waals surface area contributed by atoms with Gasteiger partial charge in [-0.05, 0) is 23.8 Å². The largest absolute Gasteiger partial charge is 0.481 e. The van der Waals surface area contributed by atoms with Crippen LogP contribution in [0.1, 0.15) is 17.2 Å². The molecule has 3 aromatic rings. The van der Waals surface area contributed by atoms with E-state index in [4.69, 9.17) is 25.8 Å². The molecule has 2 aromatic carbocycles. The molecule has 0 amide bonds. The Kier molecular flexibility index (Phi) is 7.05. The van der Waals surface area contributed by atoms with Crippen molar-refractivity contribution in [1.82, 2.24) is 4.98 Å². The highest BCUT2D eigenvalue weighted by Crippen LogP contribution is 2.36. The van der Waals surface area contributed by atoms with Crippen molar-refractivity contribution in [3.05, 3.63) is 95.2 Å². The molecule has 9 heteroatoms. The molecule has 1 aromatic heterocycles. The van der Waals surface area contributed by atoms with Crippen molar-refractivity contribution in [3.8, 4) is 17.4 Å². The Morgan fingerprint density at radius 1 is 1.06 bits per heavy atom. The lowest BCUT2D eigenvalue weighted by molar-refractivity contribution is -0.138. The lowest BCUT2D eigenvalue weighted by atomic mass is 10.0. The first-order valence-corrected chi connectivity index (χ1v) is 9.56. The molecule has 32 heavy (non-hydrogen) atoms. The molecule has 166 valence electrons. The monoisotopic (exact) mass is 463 g/mol. The van der Waals surface area contributed by atoms with E-state index in [1.165, 1.54) is 13.2 Å². The van der Waals surface area contributed by atoms with Crippen molar-refractivity contribution < 1.29 is 32.2 Å². The normalized spacial score (nSPS) is 12.0. The summed E-state index contributed by atoms with van der Waals surface area (Å²) >= 11 is 5.90. The van der Waals surface area contributed by atoms with Gasteiger partial charge in [-0.2, -0.15) is 13.2 Å². The molecule has 0 aliphatic carbocycles. The van der Waals surface area contributed by atoms with Gasteiger partial charge in [-0.15, -0.1) is 0 Å². The van der Waals surface area contributed by atoms with E-state index in [1.54, 1.807) is 42.5 Å². The number of aromatic nitrogens is 1. The van der Waals surface area contributed by atoms with E-state index in [2.05, 4.69) is 11.6 Å². The van der Waals surface area contributed by atoms with E-state index in [9.17, 15) is 18.0 Å². The molecule has 3 rings (SSSR count). The minimum atomic E-state index is -4.57. The van der Waals surface area contributed by atoms with Gasteiger partial charge in [0.2, 0.25) is 5.88 Å². The molecule has 1 atom stereocenters. The number of methoxy groups -OCH3 is 1. The summed E-state index contributed by atoms with van der Waals surface area (Å²) in [5.41, 5.74) is -0.238. The molecule has 0 saturated carbocycles. The van der Waals surface area contributed by atoms with Crippen LogP contribution in [0.4, 0.5) is 13.2 Å². The first-order valence-electron chi connectivity index (χ1n) is 9.18. The second-order valence-electron chi connectivity index (χ2n) is 6.51. The smallest absolute Gasteiger partial charge is 0.417 e. The second kappa shape index (κ2) is 9.74. The fraction of sp³-hybridized carbons (Fsp3) is 0.130. The van der Waals surface area contributed by atoms with Crippen LogP contribution in [0.3, 0.4) is 0 Å². The van der Waals surface area contributed by atoms with Gasteiger partial charge in [0.05, 0.1) is 18.2 Å². The maximum atomic E-state index is 12.8. The topological polar surface area (TPSA) is 57.7 Å². The first-order chi connectivity index (χ1) is 15.2. The van der Waals surface area contributed by atoms with Gasteiger partial charge in [-0.25, -0.2) is 9.78 Å². The number of nitrogens with zero attached hydrogens (tertiary/aromatic N) is 1. The second-order valence-corrected chi connectivity index (χ2v) is 6.92. The zero-order valence-corrected chi connectivity index (χ0v) is 17.5. The van der Waals surface area contributed by atoms with E-state index >= 15 is 0 Å². The molecule has 0 bridgehead atoms. The average Bonchev–Trinajstić information content (AvgIpc) is 2.78. The summed E-state index contributed by atoms with van der Waals surface area (Å²) in [6.07, 6.45) is -4.78. The summed E-state index contributed by atoms with van der Waals surface area (Å²) in [5, 5.41) is -0.299. The third kappa shape index (κ3) is 5.59. The van der Waals surface area contributed by atoms with Gasteiger partial charge in [0, 0.05) is 12.3 Å². The highest BCUT2D eigenvalue weighted by Gasteiger charge is 2.32. The number of pyridine rings is 1. The van der Waals surface area contributed by atoms with Crippen LogP contribution < -0.4 is 9.47 Å². The summed E-state index contributed by atoms with van der Waals surface area (Å²) in [6.45, 7) is 3.78. The number of halogens is 4. The third-order valence-corrected chi connectivity index (χ3v) is 4.55. The van der Waals surface area contributed by atoms with Crippen LogP contribution in [-0.2, 0) is 15.7 Å². The summed E-state index contributed by atoms with van der Waals surface area (Å²) in [4.78, 5) is 15.7. The predicted octanol–water partition coefficient (Wildman–Crippen LogP) is 6.40. The molecule has 0 spiro atoms. The van der Waals surface area contributed by atoms with Crippen LogP contribution >= 0.6 is 11.6 Å². The molecule has 0 N–H and O–H groups in total. The Bertz CT molecular complexity index is 1120. The van der Waals surface area contributed by atoms with E-state index < -0.39 is 23.8 Å². The van der Waals surface area contributed by atoms with Gasteiger partial charge in [0.25, 0.3) is 0 Å². The fourth-order valence-electron chi connectivity index (χ4n) is 2.72. The number of alkyl halides is 3. The minimum Gasteiger partial charge on any atom is -0.481 e. The molecule has 0 aliphatic rings. The quantitative estimate of drug-likeness (QED) is 0.300. The Labute approximate surface area is 187 Å². The Morgan fingerprint density at radius 2 is 1.75 bits per heavy atom. The highest BCUT2D eigenvalue weighted by molar-refractivity contribution is 6.31. The fourth-order valence-corrected chi connectivity index (χ4v) is 2.93. The average molecular weight is 464 g/mol. The van der Waals surface area contributed by atoms with Gasteiger partial charge in [-0.3, -0.25) is 0 Å². The Morgan fingerprint density at radius 3 is 2.38 bits per heavy atom. The first kappa shape index (κ1) is 23.1. The Balaban J connectivity index is 1.84. The van der Waals surface area contributed by atoms with Crippen molar-refractivity contribution in [2.45, 2.75) is 12.3 Å². The molecule has 0 saturated heterocycles. The van der Waals surface area contributed by atoms with E-state index in [1.807, 2.05) is 6.07 Å². The van der Waals surface area contributed by atoms with Crippen molar-refractivity contribution in [1.29, 1.82) is 0 Å². The number of esters is 1. The van der Waals surface area contributed by atoms with E-state index in [-0.39, 0.29) is 22.2 Å². The molecule has 5 nitrogen and oxygen atoms in total. The van der Waals surface area contributed by atoms with Gasteiger partial charge < -0.3 is 14.2 Å². The molecule has 1 unspecified atom stereocenters. The predicted molar refractivity (Wildman–Crippen MR) is 112 cm³/mol. The number of rotatable bonds is 7. The van der Waals surface area contributed by atoms with Crippen LogP contribution in [0.2, 0.25) is 5.02 Å². The lowest BCUT2D eigenvalue weighted by Crippen LogP contribution is -2.17. The van der Waals surface area contributed by atoms with Gasteiger partial charge in [0.1, 0.15) is 16.5 Å². The molecule has 0 fully saturated rings. The molecule has 0 radical (unpaired) electrons. The number of carbonyl (C=O) groups excluding carboxylic acids is 1. The van der Waals surface area contributed by atoms with E-state index in [0.717, 1.165) is 6.07 Å². The minimum absolute atomic E-state index is 0.0810. The molecular weight excluding hydrogens is 447 g/mol. The van der Waals surface area contributed by atoms with Crippen LogP contribution in [0.15, 0.2) is 79.0 Å². The van der Waals surface area contributed by atoms with Gasteiger partial charge in [-0.1, -0.05) is 54.6 Å². The number of ether oxygens (including phenoxy) is 3. The zero-order valence-electron chi connectivity index (χ0n) is 16.7. The van der Waals surface area contributed by atoms with Crippen LogP contribution in [0.25, 0.3) is 0 Å².